The summed E-state index contributed by atoms with van der Waals surface area (Å²) in [6, 6.07) is 15.3. The van der Waals surface area contributed by atoms with Crippen LogP contribution < -0.4 is 4.72 Å². The second-order valence-electron chi connectivity index (χ2n) is 6.50. The molecule has 0 aliphatic rings. The number of nitrogens with zero attached hydrogens (tertiary/aromatic N) is 1. The van der Waals surface area contributed by atoms with Gasteiger partial charge in [-0.25, -0.2) is 13.1 Å². The number of benzene rings is 2. The third-order valence-corrected chi connectivity index (χ3v) is 5.49. The molecule has 4 nitrogen and oxygen atoms in total. The molecular formula is C20H25ClN2O2S. The lowest BCUT2D eigenvalue weighted by atomic mass is 10.1. The predicted octanol–water partition coefficient (Wildman–Crippen LogP) is 4.27. The van der Waals surface area contributed by atoms with Crippen LogP contribution >= 0.6 is 11.6 Å². The molecule has 2 aromatic rings. The molecule has 1 N–H and O–H groups in total. The smallest absolute Gasteiger partial charge is 0.234 e. The summed E-state index contributed by atoms with van der Waals surface area (Å²) < 4.78 is 27.1. The minimum Gasteiger partial charge on any atom is -0.300 e. The molecule has 0 fully saturated rings. The lowest BCUT2D eigenvalue weighted by Gasteiger charge is -2.22. The summed E-state index contributed by atoms with van der Waals surface area (Å²) >= 11 is 5.83. The maximum atomic E-state index is 12.3. The largest absolute Gasteiger partial charge is 0.300 e. The fourth-order valence-corrected chi connectivity index (χ4v) is 3.22. The van der Waals surface area contributed by atoms with Gasteiger partial charge >= 0.3 is 0 Å². The molecule has 0 unspecified atom stereocenters. The third-order valence-electron chi connectivity index (χ3n) is 4.19. The average molecular weight is 393 g/mol. The Kier molecular flexibility index (Phi) is 7.41. The topological polar surface area (TPSA) is 49.4 Å². The lowest BCUT2D eigenvalue weighted by Crippen LogP contribution is -2.27. The lowest BCUT2D eigenvalue weighted by molar-refractivity contribution is 0.265. The zero-order chi connectivity index (χ0) is 19.2. The number of halogens is 1. The molecule has 26 heavy (non-hydrogen) atoms. The average Bonchev–Trinajstić information content (AvgIpc) is 2.60. The molecule has 6 heteroatoms. The predicted molar refractivity (Wildman–Crippen MR) is 109 cm³/mol. The first kappa shape index (κ1) is 20.6. The van der Waals surface area contributed by atoms with Gasteiger partial charge in [0.2, 0.25) is 10.0 Å². The van der Waals surface area contributed by atoms with Crippen molar-refractivity contribution in [2.45, 2.75) is 33.0 Å². The van der Waals surface area contributed by atoms with Gasteiger partial charge in [-0.1, -0.05) is 48.0 Å². The molecule has 0 amide bonds. The summed E-state index contributed by atoms with van der Waals surface area (Å²) in [4.78, 5) is 2.22. The van der Waals surface area contributed by atoms with Crippen molar-refractivity contribution in [3.05, 3.63) is 75.7 Å². The normalized spacial score (nSPS) is 12.4. The second-order valence-corrected chi connectivity index (χ2v) is 8.59. The van der Waals surface area contributed by atoms with Gasteiger partial charge in [-0.15, -0.1) is 0 Å². The molecule has 0 saturated carbocycles. The van der Waals surface area contributed by atoms with Crippen molar-refractivity contribution in [3.8, 4) is 0 Å². The van der Waals surface area contributed by atoms with Gasteiger partial charge in [0, 0.05) is 29.6 Å². The first-order valence-electron chi connectivity index (χ1n) is 8.47. The van der Waals surface area contributed by atoms with Gasteiger partial charge in [0.15, 0.2) is 0 Å². The molecule has 0 atom stereocenters. The Morgan fingerprint density at radius 3 is 2.31 bits per heavy atom. The molecule has 0 bridgehead atoms. The van der Waals surface area contributed by atoms with Gasteiger partial charge in [0.25, 0.3) is 0 Å². The van der Waals surface area contributed by atoms with Crippen molar-refractivity contribution in [2.24, 2.45) is 0 Å². The highest BCUT2D eigenvalue weighted by Crippen LogP contribution is 2.14. The Morgan fingerprint density at radius 1 is 1.08 bits per heavy atom. The zero-order valence-electron chi connectivity index (χ0n) is 15.3. The standard InChI is InChI=1S/C20H25ClN2O2S/c1-16(2)23(3)15-19-7-5-4-6-18(19)14-22-26(24,25)13-12-17-8-10-20(21)11-9-17/h4-13,16,22H,14-15H2,1-3H3. The summed E-state index contributed by atoms with van der Waals surface area (Å²) in [6.07, 6.45) is 1.55. The Labute approximate surface area is 161 Å². The molecule has 0 heterocycles. The molecule has 140 valence electrons. The van der Waals surface area contributed by atoms with E-state index in [-0.39, 0.29) is 6.54 Å². The second kappa shape index (κ2) is 9.33. The van der Waals surface area contributed by atoms with Crippen LogP contribution in [0.1, 0.15) is 30.5 Å². The van der Waals surface area contributed by atoms with Crippen LogP contribution in [0.3, 0.4) is 0 Å². The summed E-state index contributed by atoms with van der Waals surface area (Å²) in [5.74, 6) is 0. The quantitative estimate of drug-likeness (QED) is 0.729. The molecule has 0 spiro atoms. The highest BCUT2D eigenvalue weighted by Gasteiger charge is 2.10. The van der Waals surface area contributed by atoms with E-state index in [2.05, 4.69) is 30.5 Å². The summed E-state index contributed by atoms with van der Waals surface area (Å²) in [6.45, 7) is 5.30. The van der Waals surface area contributed by atoms with E-state index in [1.807, 2.05) is 24.3 Å². The van der Waals surface area contributed by atoms with Crippen LogP contribution in [-0.2, 0) is 23.1 Å². The molecular weight excluding hydrogens is 368 g/mol. The van der Waals surface area contributed by atoms with E-state index in [4.69, 9.17) is 11.6 Å². The maximum Gasteiger partial charge on any atom is 0.234 e. The number of nitrogens with one attached hydrogen (secondary N) is 1. The van der Waals surface area contributed by atoms with E-state index in [0.29, 0.717) is 11.1 Å². The monoisotopic (exact) mass is 392 g/mol. The molecule has 2 aromatic carbocycles. The van der Waals surface area contributed by atoms with Crippen molar-refractivity contribution < 1.29 is 8.42 Å². The Hall–Kier alpha value is -1.66. The first-order chi connectivity index (χ1) is 12.3. The van der Waals surface area contributed by atoms with Gasteiger partial charge in [0.1, 0.15) is 0 Å². The Morgan fingerprint density at radius 2 is 1.69 bits per heavy atom. The van der Waals surface area contributed by atoms with Crippen LogP contribution in [0.2, 0.25) is 5.02 Å². The maximum absolute atomic E-state index is 12.3. The van der Waals surface area contributed by atoms with Crippen LogP contribution in [0.15, 0.2) is 53.9 Å². The molecule has 2 rings (SSSR count). The SMILES string of the molecule is CC(C)N(C)Cc1ccccc1CNS(=O)(=O)C=Cc1ccc(Cl)cc1. The van der Waals surface area contributed by atoms with Crippen molar-refractivity contribution in [1.82, 2.24) is 9.62 Å². The van der Waals surface area contributed by atoms with E-state index in [0.717, 1.165) is 23.2 Å². The zero-order valence-corrected chi connectivity index (χ0v) is 16.9. The van der Waals surface area contributed by atoms with Gasteiger partial charge in [0.05, 0.1) is 0 Å². The highest BCUT2D eigenvalue weighted by atomic mass is 35.5. The van der Waals surface area contributed by atoms with Crippen LogP contribution in [0.4, 0.5) is 0 Å². The molecule has 0 aliphatic heterocycles. The van der Waals surface area contributed by atoms with Crippen molar-refractivity contribution >= 4 is 27.7 Å². The van der Waals surface area contributed by atoms with Gasteiger partial charge in [-0.05, 0) is 55.8 Å². The minimum atomic E-state index is -3.53. The Bertz CT molecular complexity index is 846. The minimum absolute atomic E-state index is 0.259. The highest BCUT2D eigenvalue weighted by molar-refractivity contribution is 7.92. The van der Waals surface area contributed by atoms with Crippen LogP contribution in [0.5, 0.6) is 0 Å². The fraction of sp³-hybridized carbons (Fsp3) is 0.300. The van der Waals surface area contributed by atoms with Crippen LogP contribution in [-0.4, -0.2) is 26.4 Å². The molecule has 0 radical (unpaired) electrons. The van der Waals surface area contributed by atoms with Crippen molar-refractivity contribution in [2.75, 3.05) is 7.05 Å². The van der Waals surface area contributed by atoms with E-state index in [1.54, 1.807) is 30.3 Å². The summed E-state index contributed by atoms with van der Waals surface area (Å²) in [5.41, 5.74) is 2.87. The number of rotatable bonds is 8. The third kappa shape index (κ3) is 6.57. The van der Waals surface area contributed by atoms with E-state index < -0.39 is 10.0 Å². The number of hydrogen-bond donors (Lipinski definition) is 1. The molecule has 0 saturated heterocycles. The van der Waals surface area contributed by atoms with Gasteiger partial charge < -0.3 is 0 Å². The van der Waals surface area contributed by atoms with Crippen molar-refractivity contribution in [3.63, 3.8) is 0 Å². The Balaban J connectivity index is 2.04. The van der Waals surface area contributed by atoms with Crippen LogP contribution in [0.25, 0.3) is 6.08 Å². The fourth-order valence-electron chi connectivity index (χ4n) is 2.30. The summed E-state index contributed by atoms with van der Waals surface area (Å²) in [5, 5.41) is 1.80. The van der Waals surface area contributed by atoms with Crippen molar-refractivity contribution in [1.29, 1.82) is 0 Å². The summed E-state index contributed by atoms with van der Waals surface area (Å²) in [7, 11) is -1.47. The number of sulfonamides is 1. The van der Waals surface area contributed by atoms with E-state index in [9.17, 15) is 8.42 Å². The number of hydrogen-bond acceptors (Lipinski definition) is 3. The van der Waals surface area contributed by atoms with Gasteiger partial charge in [-0.2, -0.15) is 0 Å². The van der Waals surface area contributed by atoms with E-state index >= 15 is 0 Å². The van der Waals surface area contributed by atoms with E-state index in [1.165, 1.54) is 5.41 Å². The molecule has 0 aliphatic carbocycles. The molecule has 0 aromatic heterocycles. The van der Waals surface area contributed by atoms with Gasteiger partial charge in [-0.3, -0.25) is 4.90 Å². The first-order valence-corrected chi connectivity index (χ1v) is 10.4. The van der Waals surface area contributed by atoms with Crippen LogP contribution in [0, 0.1) is 0 Å².